The quantitative estimate of drug-likeness (QED) is 0.173. The van der Waals surface area contributed by atoms with E-state index in [1.807, 2.05) is 0 Å². The fourth-order valence-corrected chi connectivity index (χ4v) is 3.06. The number of hydrogen-bond donors (Lipinski definition) is 7. The van der Waals surface area contributed by atoms with Gasteiger partial charge in [0.25, 0.3) is 0 Å². The van der Waals surface area contributed by atoms with Crippen LogP contribution < -0.4 is 21.7 Å². The number of carboxylic acids is 2. The van der Waals surface area contributed by atoms with E-state index in [9.17, 15) is 34.2 Å². The first kappa shape index (κ1) is 26.0. The minimum atomic E-state index is -1.60. The topological polar surface area (TPSA) is 217 Å². The van der Waals surface area contributed by atoms with Crippen LogP contribution in [-0.2, 0) is 36.8 Å². The summed E-state index contributed by atoms with van der Waals surface area (Å²) < 4.78 is 0. The summed E-state index contributed by atoms with van der Waals surface area (Å²) in [6, 6.07) is 4.37. The van der Waals surface area contributed by atoms with E-state index < -0.39 is 60.8 Å². The largest absolute Gasteiger partial charge is 0.481 e. The van der Waals surface area contributed by atoms with Gasteiger partial charge in [-0.05, 0) is 5.56 Å². The SMILES string of the molecule is NCC(=O)NC(Cc1cnc[nH]1)C(=O)NC(CC(=O)O)C(=O)NC(Cc1ccccc1)C(=O)O. The van der Waals surface area contributed by atoms with Crippen LogP contribution in [0.3, 0.4) is 0 Å². The molecule has 3 atom stereocenters. The molecule has 13 heteroatoms. The number of aromatic nitrogens is 2. The summed E-state index contributed by atoms with van der Waals surface area (Å²) in [4.78, 5) is 66.9. The molecule has 13 nitrogen and oxygen atoms in total. The second kappa shape index (κ2) is 12.7. The van der Waals surface area contributed by atoms with Gasteiger partial charge in [0.15, 0.2) is 0 Å². The predicted molar refractivity (Wildman–Crippen MR) is 117 cm³/mol. The van der Waals surface area contributed by atoms with Gasteiger partial charge < -0.3 is 36.9 Å². The molecule has 1 aromatic carbocycles. The van der Waals surface area contributed by atoms with Crippen LogP contribution in [0.2, 0.25) is 0 Å². The molecule has 1 aromatic heterocycles. The van der Waals surface area contributed by atoms with E-state index in [2.05, 4.69) is 25.9 Å². The second-order valence-corrected chi connectivity index (χ2v) is 7.35. The first-order valence-corrected chi connectivity index (χ1v) is 10.3. The summed E-state index contributed by atoms with van der Waals surface area (Å²) in [5, 5.41) is 25.7. The fraction of sp³-hybridized carbons (Fsp3) is 0.333. The molecule has 34 heavy (non-hydrogen) atoms. The third kappa shape index (κ3) is 8.35. The molecule has 0 aliphatic heterocycles. The molecule has 0 aliphatic carbocycles. The van der Waals surface area contributed by atoms with Crippen LogP contribution in [0.5, 0.6) is 0 Å². The maximum Gasteiger partial charge on any atom is 0.326 e. The first-order valence-electron chi connectivity index (χ1n) is 10.3. The Morgan fingerprint density at radius 1 is 0.912 bits per heavy atom. The number of hydrogen-bond acceptors (Lipinski definition) is 7. The number of imidazole rings is 1. The van der Waals surface area contributed by atoms with Gasteiger partial charge >= 0.3 is 11.9 Å². The number of aromatic amines is 1. The summed E-state index contributed by atoms with van der Waals surface area (Å²) in [5.74, 6) is -5.22. The summed E-state index contributed by atoms with van der Waals surface area (Å²) in [5.41, 5.74) is 6.42. The van der Waals surface area contributed by atoms with Crippen LogP contribution in [0.1, 0.15) is 17.7 Å². The van der Waals surface area contributed by atoms with Gasteiger partial charge in [0, 0.05) is 24.7 Å². The molecule has 0 spiro atoms. The summed E-state index contributed by atoms with van der Waals surface area (Å²) >= 11 is 0. The van der Waals surface area contributed by atoms with E-state index in [4.69, 9.17) is 5.73 Å². The third-order valence-corrected chi connectivity index (χ3v) is 4.72. The predicted octanol–water partition coefficient (Wildman–Crippen LogP) is -1.83. The Hall–Kier alpha value is -4.26. The monoisotopic (exact) mass is 474 g/mol. The number of aliphatic carboxylic acids is 2. The molecule has 0 radical (unpaired) electrons. The smallest absolute Gasteiger partial charge is 0.326 e. The lowest BCUT2D eigenvalue weighted by Gasteiger charge is -2.23. The van der Waals surface area contributed by atoms with Gasteiger partial charge in [-0.1, -0.05) is 30.3 Å². The van der Waals surface area contributed by atoms with E-state index >= 15 is 0 Å². The van der Waals surface area contributed by atoms with Crippen molar-refractivity contribution in [3.63, 3.8) is 0 Å². The molecule has 182 valence electrons. The van der Waals surface area contributed by atoms with Gasteiger partial charge in [-0.15, -0.1) is 0 Å². The van der Waals surface area contributed by atoms with Gasteiger partial charge in [0.2, 0.25) is 17.7 Å². The van der Waals surface area contributed by atoms with Gasteiger partial charge in [-0.25, -0.2) is 9.78 Å². The molecular weight excluding hydrogens is 448 g/mol. The average Bonchev–Trinajstić information content (AvgIpc) is 3.31. The number of nitrogens with two attached hydrogens (primary N) is 1. The van der Waals surface area contributed by atoms with Crippen molar-refractivity contribution in [1.82, 2.24) is 25.9 Å². The molecule has 0 aliphatic rings. The highest BCUT2D eigenvalue weighted by atomic mass is 16.4. The Bertz CT molecular complexity index is 996. The zero-order chi connectivity index (χ0) is 25.1. The van der Waals surface area contributed by atoms with Crippen LogP contribution in [0.15, 0.2) is 42.9 Å². The Balaban J connectivity index is 2.15. The van der Waals surface area contributed by atoms with Crippen molar-refractivity contribution in [3.05, 3.63) is 54.1 Å². The molecular formula is C21H26N6O7. The molecule has 3 unspecified atom stereocenters. The lowest BCUT2D eigenvalue weighted by Crippen LogP contribution is -2.57. The Morgan fingerprint density at radius 3 is 2.12 bits per heavy atom. The van der Waals surface area contributed by atoms with Gasteiger partial charge in [0.05, 0.1) is 19.3 Å². The third-order valence-electron chi connectivity index (χ3n) is 4.72. The number of carbonyl (C=O) groups is 5. The van der Waals surface area contributed by atoms with E-state index in [1.165, 1.54) is 12.5 Å². The standard InChI is InChI=1S/C21H26N6O7/c22-9-17(28)25-14(7-13-10-23-11-24-13)19(31)26-15(8-18(29)30)20(32)27-16(21(33)34)6-12-4-2-1-3-5-12/h1-5,10-11,14-16H,6-9,22H2,(H,23,24)(H,25,28)(H,26,31)(H,27,32)(H,29,30)(H,33,34). The van der Waals surface area contributed by atoms with Gasteiger partial charge in [0.1, 0.15) is 18.1 Å². The van der Waals surface area contributed by atoms with Crippen molar-refractivity contribution < 1.29 is 34.2 Å². The fourth-order valence-electron chi connectivity index (χ4n) is 3.06. The molecule has 2 rings (SSSR count). The number of amides is 3. The number of H-pyrrole nitrogens is 1. The maximum absolute atomic E-state index is 12.8. The van der Waals surface area contributed by atoms with Gasteiger partial charge in [-0.3, -0.25) is 19.2 Å². The van der Waals surface area contributed by atoms with Crippen molar-refractivity contribution in [2.75, 3.05) is 6.54 Å². The number of rotatable bonds is 13. The maximum atomic E-state index is 12.8. The average molecular weight is 474 g/mol. The van der Waals surface area contributed by atoms with E-state index in [1.54, 1.807) is 30.3 Å². The Morgan fingerprint density at radius 2 is 1.56 bits per heavy atom. The van der Waals surface area contributed by atoms with Crippen molar-refractivity contribution in [2.45, 2.75) is 37.4 Å². The molecule has 3 amide bonds. The van der Waals surface area contributed by atoms with Crippen LogP contribution in [-0.4, -0.2) is 74.5 Å². The molecule has 8 N–H and O–H groups in total. The van der Waals surface area contributed by atoms with Crippen molar-refractivity contribution in [3.8, 4) is 0 Å². The highest BCUT2D eigenvalue weighted by molar-refractivity contribution is 5.95. The van der Waals surface area contributed by atoms with Crippen molar-refractivity contribution in [2.24, 2.45) is 5.73 Å². The Labute approximate surface area is 194 Å². The molecule has 0 saturated carbocycles. The number of carbonyl (C=O) groups excluding carboxylic acids is 3. The number of carboxylic acid groups (broad SMARTS) is 2. The number of benzene rings is 1. The first-order chi connectivity index (χ1) is 16.2. The zero-order valence-corrected chi connectivity index (χ0v) is 18.1. The summed E-state index contributed by atoms with van der Waals surface area (Å²) in [7, 11) is 0. The molecule has 0 bridgehead atoms. The number of nitrogens with one attached hydrogen (secondary N) is 4. The van der Waals surface area contributed by atoms with E-state index in [-0.39, 0.29) is 12.8 Å². The minimum absolute atomic E-state index is 0.0370. The van der Waals surface area contributed by atoms with E-state index in [0.717, 1.165) is 0 Å². The second-order valence-electron chi connectivity index (χ2n) is 7.35. The highest BCUT2D eigenvalue weighted by Gasteiger charge is 2.31. The molecule has 0 fully saturated rings. The van der Waals surface area contributed by atoms with Gasteiger partial charge in [-0.2, -0.15) is 0 Å². The number of nitrogens with zero attached hydrogens (tertiary/aromatic N) is 1. The molecule has 2 aromatic rings. The van der Waals surface area contributed by atoms with Crippen LogP contribution in [0.25, 0.3) is 0 Å². The highest BCUT2D eigenvalue weighted by Crippen LogP contribution is 2.06. The van der Waals surface area contributed by atoms with Crippen LogP contribution in [0.4, 0.5) is 0 Å². The Kier molecular flexibility index (Phi) is 9.71. The molecule has 0 saturated heterocycles. The minimum Gasteiger partial charge on any atom is -0.481 e. The lowest BCUT2D eigenvalue weighted by atomic mass is 10.0. The van der Waals surface area contributed by atoms with Crippen molar-refractivity contribution >= 4 is 29.7 Å². The summed E-state index contributed by atoms with van der Waals surface area (Å²) in [6.07, 6.45) is 1.90. The summed E-state index contributed by atoms with van der Waals surface area (Å²) in [6.45, 7) is -0.397. The van der Waals surface area contributed by atoms with Crippen LogP contribution in [0, 0.1) is 0 Å². The van der Waals surface area contributed by atoms with Crippen LogP contribution >= 0.6 is 0 Å². The lowest BCUT2D eigenvalue weighted by molar-refractivity contribution is -0.143. The molecule has 1 heterocycles. The van der Waals surface area contributed by atoms with E-state index in [0.29, 0.717) is 11.3 Å². The normalized spacial score (nSPS) is 13.2. The van der Waals surface area contributed by atoms with Crippen molar-refractivity contribution in [1.29, 1.82) is 0 Å². The zero-order valence-electron chi connectivity index (χ0n) is 18.1.